The maximum atomic E-state index is 4.10. The molecule has 0 aliphatic rings. The Hall–Kier alpha value is -6.42. The molecule has 3 aromatic heterocycles. The number of hydrogen-bond acceptors (Lipinski definition) is 1. The van der Waals surface area contributed by atoms with Gasteiger partial charge in [0.15, 0.2) is 0 Å². The molecule has 10 rings (SSSR count). The fraction of sp³-hybridized carbons (Fsp3) is 0.0204. The lowest BCUT2D eigenvalue weighted by molar-refractivity contribution is 1.17. The van der Waals surface area contributed by atoms with Gasteiger partial charge in [0, 0.05) is 53.4 Å². The monoisotopic (exact) mass is 682 g/mol. The molecule has 3 heteroatoms. The first kappa shape index (κ1) is 30.4. The summed E-state index contributed by atoms with van der Waals surface area (Å²) in [5.41, 5.74) is 13.2. The third-order valence-corrected chi connectivity index (χ3v) is 11.6. The van der Waals surface area contributed by atoms with Crippen LogP contribution in [-0.2, 0) is 0 Å². The number of aromatic nitrogens is 2. The number of nitrogens with zero attached hydrogens (tertiary/aromatic N) is 2. The molecule has 0 bridgehead atoms. The molecule has 52 heavy (non-hydrogen) atoms. The van der Waals surface area contributed by atoms with E-state index < -0.39 is 0 Å². The zero-order valence-electron chi connectivity index (χ0n) is 28.8. The van der Waals surface area contributed by atoms with Crippen molar-refractivity contribution in [3.05, 3.63) is 181 Å². The number of thiophene rings is 1. The van der Waals surface area contributed by atoms with Crippen LogP contribution in [0.1, 0.15) is 17.4 Å². The van der Waals surface area contributed by atoms with Crippen molar-refractivity contribution >= 4 is 77.2 Å². The van der Waals surface area contributed by atoms with Gasteiger partial charge in [0.05, 0.1) is 22.1 Å². The Morgan fingerprint density at radius 3 is 1.56 bits per heavy atom. The van der Waals surface area contributed by atoms with Gasteiger partial charge in [-0.15, -0.1) is 11.3 Å². The first-order chi connectivity index (χ1) is 25.7. The lowest BCUT2D eigenvalue weighted by Crippen LogP contribution is -1.95. The number of allylic oxidation sites excluding steroid dienone is 1. The van der Waals surface area contributed by atoms with E-state index >= 15 is 0 Å². The fourth-order valence-corrected chi connectivity index (χ4v) is 9.14. The Kier molecular flexibility index (Phi) is 7.09. The maximum Gasteiger partial charge on any atom is 0.0548 e. The predicted molar refractivity (Wildman–Crippen MR) is 226 cm³/mol. The smallest absolute Gasteiger partial charge is 0.0548 e. The topological polar surface area (TPSA) is 9.86 Å². The molecule has 0 radical (unpaired) electrons. The largest absolute Gasteiger partial charge is 0.309 e. The van der Waals surface area contributed by atoms with E-state index in [0.717, 1.165) is 11.4 Å². The van der Waals surface area contributed by atoms with Crippen LogP contribution in [0.2, 0.25) is 0 Å². The molecule has 0 amide bonds. The second-order valence-corrected chi connectivity index (χ2v) is 14.4. The average Bonchev–Trinajstić information content (AvgIpc) is 3.85. The third-order valence-electron chi connectivity index (χ3n) is 10.4. The van der Waals surface area contributed by atoms with Gasteiger partial charge < -0.3 is 9.13 Å². The van der Waals surface area contributed by atoms with E-state index in [-0.39, 0.29) is 0 Å². The number of rotatable bonds is 6. The third kappa shape index (κ3) is 4.63. The number of fused-ring (bicyclic) bond motifs is 8. The molecule has 3 heterocycles. The second kappa shape index (κ2) is 12.1. The summed E-state index contributed by atoms with van der Waals surface area (Å²) in [5, 5.41) is 6.33. The summed E-state index contributed by atoms with van der Waals surface area (Å²) in [6.07, 6.45) is 6.30. The summed E-state index contributed by atoms with van der Waals surface area (Å²) in [7, 11) is 0. The van der Waals surface area contributed by atoms with Crippen LogP contribution < -0.4 is 0 Å². The molecule has 0 saturated heterocycles. The molecule has 0 N–H and O–H groups in total. The van der Waals surface area contributed by atoms with Crippen LogP contribution in [0.15, 0.2) is 170 Å². The highest BCUT2D eigenvalue weighted by atomic mass is 32.1. The maximum absolute atomic E-state index is 4.10. The van der Waals surface area contributed by atoms with Crippen LogP contribution in [0.25, 0.3) is 99.5 Å². The van der Waals surface area contributed by atoms with Gasteiger partial charge in [0.2, 0.25) is 0 Å². The van der Waals surface area contributed by atoms with E-state index in [9.17, 15) is 0 Å². The van der Waals surface area contributed by atoms with Crippen LogP contribution in [0.3, 0.4) is 0 Å². The molecule has 0 aliphatic heterocycles. The molecular formula is C49H34N2S. The number of para-hydroxylation sites is 2. The predicted octanol–water partition coefficient (Wildman–Crippen LogP) is 14.1. The van der Waals surface area contributed by atoms with Crippen molar-refractivity contribution in [2.24, 2.45) is 0 Å². The summed E-state index contributed by atoms with van der Waals surface area (Å²) < 4.78 is 6.14. The Morgan fingerprint density at radius 2 is 0.981 bits per heavy atom. The van der Waals surface area contributed by atoms with Gasteiger partial charge >= 0.3 is 0 Å². The zero-order valence-corrected chi connectivity index (χ0v) is 29.6. The van der Waals surface area contributed by atoms with Crippen molar-refractivity contribution in [2.45, 2.75) is 6.92 Å². The van der Waals surface area contributed by atoms with Gasteiger partial charge in [0.25, 0.3) is 0 Å². The number of benzene rings is 7. The summed E-state index contributed by atoms with van der Waals surface area (Å²) in [5.74, 6) is 0. The normalized spacial score (nSPS) is 11.9. The van der Waals surface area contributed by atoms with E-state index in [0.29, 0.717) is 0 Å². The minimum Gasteiger partial charge on any atom is -0.309 e. The summed E-state index contributed by atoms with van der Waals surface area (Å²) in [4.78, 5) is 1.20. The van der Waals surface area contributed by atoms with Gasteiger partial charge in [-0.25, -0.2) is 0 Å². The van der Waals surface area contributed by atoms with Gasteiger partial charge in [-0.2, -0.15) is 0 Å². The molecule has 0 aliphatic carbocycles. The van der Waals surface area contributed by atoms with E-state index in [1.54, 1.807) is 11.3 Å². The van der Waals surface area contributed by atoms with Gasteiger partial charge in [-0.1, -0.05) is 128 Å². The molecule has 10 aromatic rings. The molecule has 0 unspecified atom stereocenters. The second-order valence-electron chi connectivity index (χ2n) is 13.3. The lowest BCUT2D eigenvalue weighted by Gasteiger charge is -2.11. The Morgan fingerprint density at radius 1 is 0.481 bits per heavy atom. The van der Waals surface area contributed by atoms with Crippen molar-refractivity contribution in [1.82, 2.24) is 9.13 Å². The van der Waals surface area contributed by atoms with E-state index in [4.69, 9.17) is 0 Å². The quantitative estimate of drug-likeness (QED) is 0.165. The summed E-state index contributed by atoms with van der Waals surface area (Å²) >= 11 is 1.80. The zero-order chi connectivity index (χ0) is 34.8. The van der Waals surface area contributed by atoms with Gasteiger partial charge in [-0.3, -0.25) is 0 Å². The standard InChI is InChI=1S/C49H34N2S/c1-3-12-38-41-31-37(27-30-47(41)52-46(38)4-2)51-43-18-11-9-16-40(43)49-45(51)29-28-44-48(49)39-15-8-10-17-42(39)50(44)36-25-23-35(24-26-36)34-21-19-33(20-22-34)32-13-6-5-7-14-32/h3-31H,2H2,1H3/b12-3-. The highest BCUT2D eigenvalue weighted by Crippen LogP contribution is 2.43. The van der Waals surface area contributed by atoms with E-state index in [1.807, 2.05) is 6.08 Å². The Balaban J connectivity index is 1.15. The SMILES string of the molecule is C=Cc1sc2ccc(-n3c4ccccc4c4c5c6ccccc6n(-c6ccc(-c7ccc(-c8ccccc8)cc7)cc6)c5ccc43)cc2c1/C=C\C. The summed E-state index contributed by atoms with van der Waals surface area (Å²) in [6, 6.07) is 57.6. The van der Waals surface area contributed by atoms with Crippen molar-refractivity contribution < 1.29 is 0 Å². The van der Waals surface area contributed by atoms with Crippen LogP contribution in [0.5, 0.6) is 0 Å². The molecule has 246 valence electrons. The fourth-order valence-electron chi connectivity index (χ4n) is 8.12. The molecular weight excluding hydrogens is 649 g/mol. The minimum absolute atomic E-state index is 1.15. The molecule has 0 spiro atoms. The van der Waals surface area contributed by atoms with Crippen molar-refractivity contribution in [3.8, 4) is 33.6 Å². The molecule has 7 aromatic carbocycles. The number of hydrogen-bond donors (Lipinski definition) is 0. The lowest BCUT2D eigenvalue weighted by atomic mass is 10.0. The van der Waals surface area contributed by atoms with Crippen LogP contribution in [0, 0.1) is 0 Å². The van der Waals surface area contributed by atoms with Crippen molar-refractivity contribution in [3.63, 3.8) is 0 Å². The average molecular weight is 683 g/mol. The molecule has 0 atom stereocenters. The van der Waals surface area contributed by atoms with E-state index in [1.165, 1.54) is 86.4 Å². The highest BCUT2D eigenvalue weighted by Gasteiger charge is 2.21. The Labute approximate surface area is 306 Å². The highest BCUT2D eigenvalue weighted by molar-refractivity contribution is 7.20. The van der Waals surface area contributed by atoms with E-state index in [2.05, 4.69) is 193 Å². The summed E-state index contributed by atoms with van der Waals surface area (Å²) in [6.45, 7) is 6.18. The Bertz CT molecular complexity index is 3010. The van der Waals surface area contributed by atoms with Crippen molar-refractivity contribution in [2.75, 3.05) is 0 Å². The minimum atomic E-state index is 1.15. The van der Waals surface area contributed by atoms with Gasteiger partial charge in [-0.05, 0) is 83.8 Å². The molecule has 2 nitrogen and oxygen atoms in total. The molecule has 0 fully saturated rings. The van der Waals surface area contributed by atoms with Crippen LogP contribution in [0.4, 0.5) is 0 Å². The first-order valence-electron chi connectivity index (χ1n) is 17.8. The van der Waals surface area contributed by atoms with Crippen LogP contribution >= 0.6 is 11.3 Å². The van der Waals surface area contributed by atoms with Gasteiger partial charge in [0.1, 0.15) is 0 Å². The van der Waals surface area contributed by atoms with Crippen LogP contribution in [-0.4, -0.2) is 9.13 Å². The van der Waals surface area contributed by atoms with Crippen molar-refractivity contribution in [1.29, 1.82) is 0 Å². The first-order valence-corrected chi connectivity index (χ1v) is 18.6. The molecule has 0 saturated carbocycles.